The third-order valence-electron chi connectivity index (χ3n) is 1.94. The summed E-state index contributed by atoms with van der Waals surface area (Å²) in [4.78, 5) is 12.7. The number of halogens is 3. The standard InChI is InChI=1S/C10H10BrClFNO/c1-14(10(15)5-12)6-7-2-3-9(13)8(11)4-7/h2-4H,5-6H2,1H3. The molecule has 0 fully saturated rings. The molecule has 0 aliphatic rings. The first kappa shape index (κ1) is 12.5. The molecule has 0 spiro atoms. The molecule has 1 aromatic rings. The average molecular weight is 295 g/mol. The summed E-state index contributed by atoms with van der Waals surface area (Å²) in [7, 11) is 1.65. The Morgan fingerprint density at radius 1 is 1.60 bits per heavy atom. The van der Waals surface area contributed by atoms with E-state index >= 15 is 0 Å². The maximum atomic E-state index is 12.9. The molecule has 0 N–H and O–H groups in total. The van der Waals surface area contributed by atoms with Gasteiger partial charge in [-0.15, -0.1) is 11.6 Å². The van der Waals surface area contributed by atoms with Crippen LogP contribution in [0, 0.1) is 5.82 Å². The van der Waals surface area contributed by atoms with Gasteiger partial charge in [0.15, 0.2) is 0 Å². The minimum atomic E-state index is -0.315. The van der Waals surface area contributed by atoms with Crippen molar-refractivity contribution >= 4 is 33.4 Å². The van der Waals surface area contributed by atoms with Crippen LogP contribution in [-0.4, -0.2) is 23.7 Å². The van der Waals surface area contributed by atoms with Crippen LogP contribution in [-0.2, 0) is 11.3 Å². The number of rotatable bonds is 3. The number of hydrogen-bond acceptors (Lipinski definition) is 1. The molecule has 0 aliphatic heterocycles. The smallest absolute Gasteiger partial charge is 0.237 e. The summed E-state index contributed by atoms with van der Waals surface area (Å²) in [5, 5.41) is 0. The Morgan fingerprint density at radius 2 is 2.27 bits per heavy atom. The summed E-state index contributed by atoms with van der Waals surface area (Å²) >= 11 is 8.49. The molecular weight excluding hydrogens is 284 g/mol. The molecule has 0 unspecified atom stereocenters. The summed E-state index contributed by atoms with van der Waals surface area (Å²) in [5.41, 5.74) is 0.851. The van der Waals surface area contributed by atoms with Crippen LogP contribution in [0.2, 0.25) is 0 Å². The monoisotopic (exact) mass is 293 g/mol. The summed E-state index contributed by atoms with van der Waals surface area (Å²) in [5.74, 6) is -0.513. The fourth-order valence-electron chi connectivity index (χ4n) is 1.10. The SMILES string of the molecule is CN(Cc1ccc(F)c(Br)c1)C(=O)CCl. The van der Waals surface area contributed by atoms with Crippen LogP contribution in [0.5, 0.6) is 0 Å². The highest BCUT2D eigenvalue weighted by Gasteiger charge is 2.08. The second-order valence-corrected chi connectivity index (χ2v) is 4.25. The van der Waals surface area contributed by atoms with Crippen molar-refractivity contribution in [3.63, 3.8) is 0 Å². The first-order valence-electron chi connectivity index (χ1n) is 4.28. The molecule has 0 saturated carbocycles. The van der Waals surface area contributed by atoms with E-state index in [1.165, 1.54) is 11.0 Å². The minimum absolute atomic E-state index is 0.0428. The normalized spacial score (nSPS) is 10.1. The second-order valence-electron chi connectivity index (χ2n) is 3.13. The highest BCUT2D eigenvalue weighted by atomic mass is 79.9. The molecule has 0 bridgehead atoms. The van der Waals surface area contributed by atoms with Crippen LogP contribution >= 0.6 is 27.5 Å². The number of carbonyl (C=O) groups excluding carboxylic acids is 1. The van der Waals surface area contributed by atoms with Crippen molar-refractivity contribution in [2.75, 3.05) is 12.9 Å². The predicted molar refractivity (Wildman–Crippen MR) is 61.3 cm³/mol. The zero-order valence-electron chi connectivity index (χ0n) is 8.14. The second kappa shape index (κ2) is 5.47. The Hall–Kier alpha value is -0.610. The zero-order chi connectivity index (χ0) is 11.4. The fraction of sp³-hybridized carbons (Fsp3) is 0.300. The van der Waals surface area contributed by atoms with E-state index in [-0.39, 0.29) is 17.6 Å². The van der Waals surface area contributed by atoms with Crippen molar-refractivity contribution in [1.29, 1.82) is 0 Å². The summed E-state index contributed by atoms with van der Waals surface area (Å²) in [6, 6.07) is 4.64. The quantitative estimate of drug-likeness (QED) is 0.785. The van der Waals surface area contributed by atoms with E-state index in [2.05, 4.69) is 15.9 Å². The number of nitrogens with zero attached hydrogens (tertiary/aromatic N) is 1. The van der Waals surface area contributed by atoms with E-state index < -0.39 is 0 Å². The number of alkyl halides is 1. The lowest BCUT2D eigenvalue weighted by Crippen LogP contribution is -2.27. The molecule has 1 amide bonds. The van der Waals surface area contributed by atoms with Gasteiger partial charge >= 0.3 is 0 Å². The van der Waals surface area contributed by atoms with E-state index in [4.69, 9.17) is 11.6 Å². The van der Waals surface area contributed by atoms with Crippen LogP contribution in [0.4, 0.5) is 4.39 Å². The molecule has 15 heavy (non-hydrogen) atoms. The molecule has 2 nitrogen and oxygen atoms in total. The fourth-order valence-corrected chi connectivity index (χ4v) is 1.73. The van der Waals surface area contributed by atoms with Gasteiger partial charge in [0, 0.05) is 13.6 Å². The number of carbonyl (C=O) groups is 1. The predicted octanol–water partition coefficient (Wildman–Crippen LogP) is 2.79. The largest absolute Gasteiger partial charge is 0.340 e. The summed E-state index contributed by atoms with van der Waals surface area (Å²) < 4.78 is 13.3. The van der Waals surface area contributed by atoms with Gasteiger partial charge < -0.3 is 4.90 Å². The molecule has 5 heteroatoms. The summed E-state index contributed by atoms with van der Waals surface area (Å²) in [6.07, 6.45) is 0. The maximum absolute atomic E-state index is 12.9. The first-order chi connectivity index (χ1) is 7.04. The Bertz CT molecular complexity index is 372. The van der Waals surface area contributed by atoms with Gasteiger partial charge in [0.25, 0.3) is 0 Å². The van der Waals surface area contributed by atoms with Crippen LogP contribution < -0.4 is 0 Å². The van der Waals surface area contributed by atoms with Crippen LogP contribution in [0.1, 0.15) is 5.56 Å². The van der Waals surface area contributed by atoms with E-state index in [9.17, 15) is 9.18 Å². The Kier molecular flexibility index (Phi) is 4.54. The topological polar surface area (TPSA) is 20.3 Å². The zero-order valence-corrected chi connectivity index (χ0v) is 10.5. The van der Waals surface area contributed by atoms with Gasteiger partial charge in [-0.25, -0.2) is 4.39 Å². The summed E-state index contributed by atoms with van der Waals surface area (Å²) in [6.45, 7) is 0.421. The number of hydrogen-bond donors (Lipinski definition) is 0. The Morgan fingerprint density at radius 3 is 2.80 bits per heavy atom. The lowest BCUT2D eigenvalue weighted by molar-refractivity contribution is -0.127. The third-order valence-corrected chi connectivity index (χ3v) is 2.78. The van der Waals surface area contributed by atoms with Crippen molar-refractivity contribution in [3.8, 4) is 0 Å². The molecule has 0 saturated heterocycles. The maximum Gasteiger partial charge on any atom is 0.237 e. The molecule has 0 aromatic heterocycles. The molecule has 0 aliphatic carbocycles. The molecule has 0 radical (unpaired) electrons. The van der Waals surface area contributed by atoms with E-state index in [0.717, 1.165) is 5.56 Å². The first-order valence-corrected chi connectivity index (χ1v) is 5.61. The van der Waals surface area contributed by atoms with Gasteiger partial charge in [-0.05, 0) is 33.6 Å². The van der Waals surface area contributed by atoms with Gasteiger partial charge in [0.2, 0.25) is 5.91 Å². The van der Waals surface area contributed by atoms with Crippen molar-refractivity contribution in [3.05, 3.63) is 34.1 Å². The van der Waals surface area contributed by atoms with Gasteiger partial charge in [0.1, 0.15) is 11.7 Å². The lowest BCUT2D eigenvalue weighted by Gasteiger charge is -2.15. The molecule has 1 aromatic carbocycles. The minimum Gasteiger partial charge on any atom is -0.340 e. The molecule has 1 rings (SSSR count). The Labute approximate surface area is 101 Å². The van der Waals surface area contributed by atoms with E-state index in [1.54, 1.807) is 19.2 Å². The van der Waals surface area contributed by atoms with Gasteiger partial charge in [0.05, 0.1) is 4.47 Å². The van der Waals surface area contributed by atoms with Gasteiger partial charge in [-0.1, -0.05) is 6.07 Å². The van der Waals surface area contributed by atoms with Crippen molar-refractivity contribution < 1.29 is 9.18 Å². The number of benzene rings is 1. The van der Waals surface area contributed by atoms with E-state index in [0.29, 0.717) is 11.0 Å². The Balaban J connectivity index is 2.73. The average Bonchev–Trinajstić information content (AvgIpc) is 2.22. The highest BCUT2D eigenvalue weighted by Crippen LogP contribution is 2.17. The third kappa shape index (κ3) is 3.47. The van der Waals surface area contributed by atoms with E-state index in [1.807, 2.05) is 0 Å². The van der Waals surface area contributed by atoms with Crippen LogP contribution in [0.3, 0.4) is 0 Å². The molecular formula is C10H10BrClFNO. The van der Waals surface area contributed by atoms with Crippen LogP contribution in [0.25, 0.3) is 0 Å². The van der Waals surface area contributed by atoms with Gasteiger partial charge in [-0.2, -0.15) is 0 Å². The van der Waals surface area contributed by atoms with Gasteiger partial charge in [-0.3, -0.25) is 4.79 Å². The van der Waals surface area contributed by atoms with Crippen molar-refractivity contribution in [1.82, 2.24) is 4.90 Å². The lowest BCUT2D eigenvalue weighted by atomic mass is 10.2. The number of amides is 1. The highest BCUT2D eigenvalue weighted by molar-refractivity contribution is 9.10. The molecule has 0 atom stereocenters. The van der Waals surface area contributed by atoms with Crippen molar-refractivity contribution in [2.45, 2.75) is 6.54 Å². The molecule has 82 valence electrons. The molecule has 0 heterocycles. The van der Waals surface area contributed by atoms with Crippen LogP contribution in [0.15, 0.2) is 22.7 Å². The van der Waals surface area contributed by atoms with Crippen molar-refractivity contribution in [2.24, 2.45) is 0 Å².